The van der Waals surface area contributed by atoms with Gasteiger partial charge in [-0.25, -0.2) is 10.8 Å². The van der Waals surface area contributed by atoms with E-state index >= 15 is 0 Å². The molecule has 0 aliphatic carbocycles. The molecule has 4 nitrogen and oxygen atoms in total. The van der Waals surface area contributed by atoms with E-state index in [4.69, 9.17) is 11.6 Å². The Kier molecular flexibility index (Phi) is 3.27. The summed E-state index contributed by atoms with van der Waals surface area (Å²) in [6.07, 6.45) is 0. The lowest BCUT2D eigenvalue weighted by atomic mass is 10.2. The molecular weight excluding hydrogens is 184 g/mol. The number of aryl methyl sites for hydroxylation is 1. The van der Waals surface area contributed by atoms with Gasteiger partial charge in [0, 0.05) is 4.88 Å². The molecule has 0 saturated heterocycles. The Hall–Kier alpha value is -1.07. The third-order valence-corrected chi connectivity index (χ3v) is 3.02. The van der Waals surface area contributed by atoms with E-state index in [9.17, 15) is 0 Å². The quantitative estimate of drug-likeness (QED) is 0.282. The average molecular weight is 198 g/mol. The van der Waals surface area contributed by atoms with Crippen molar-refractivity contribution in [1.29, 1.82) is 0 Å². The molecule has 1 aromatic rings. The van der Waals surface area contributed by atoms with E-state index in [1.807, 2.05) is 0 Å². The van der Waals surface area contributed by atoms with E-state index in [0.29, 0.717) is 6.54 Å². The van der Waals surface area contributed by atoms with Gasteiger partial charge in [0.15, 0.2) is 0 Å². The van der Waals surface area contributed by atoms with Gasteiger partial charge in [-0.2, -0.15) is 0 Å². The van der Waals surface area contributed by atoms with Gasteiger partial charge in [-0.15, -0.1) is 11.3 Å². The third-order valence-electron chi connectivity index (χ3n) is 1.96. The first-order chi connectivity index (χ1) is 6.15. The monoisotopic (exact) mass is 198 g/mol. The molecule has 0 aromatic carbocycles. The molecule has 0 atom stereocenters. The summed E-state index contributed by atoms with van der Waals surface area (Å²) in [5.74, 6) is 5.34. The minimum atomic E-state index is 0.267. The summed E-state index contributed by atoms with van der Waals surface area (Å²) in [4.78, 5) is 5.38. The maximum atomic E-state index is 5.39. The number of hydrogen-bond donors (Lipinski definition) is 3. The maximum absolute atomic E-state index is 5.39. The zero-order valence-electron chi connectivity index (χ0n) is 7.79. The van der Waals surface area contributed by atoms with E-state index in [-0.39, 0.29) is 5.96 Å². The molecule has 0 radical (unpaired) electrons. The number of nitrogens with one attached hydrogen (secondary N) is 1. The summed E-state index contributed by atoms with van der Waals surface area (Å²) in [6, 6.07) is 0. The highest BCUT2D eigenvalue weighted by molar-refractivity contribution is 7.10. The second-order valence-corrected chi connectivity index (χ2v) is 3.87. The molecule has 5 N–H and O–H groups in total. The van der Waals surface area contributed by atoms with Crippen LogP contribution < -0.4 is 17.0 Å². The maximum Gasteiger partial charge on any atom is 0.203 e. The molecule has 13 heavy (non-hydrogen) atoms. The van der Waals surface area contributed by atoms with Crippen LogP contribution in [0.4, 0.5) is 0 Å². The summed E-state index contributed by atoms with van der Waals surface area (Å²) in [5, 5.41) is 2.10. The Bertz CT molecular complexity index is 316. The van der Waals surface area contributed by atoms with E-state index in [0.717, 1.165) is 0 Å². The number of aliphatic imine (C=N–C) groups is 1. The van der Waals surface area contributed by atoms with Crippen molar-refractivity contribution in [3.05, 3.63) is 21.4 Å². The van der Waals surface area contributed by atoms with E-state index in [2.05, 4.69) is 29.6 Å². The van der Waals surface area contributed by atoms with Gasteiger partial charge in [-0.1, -0.05) is 0 Å². The Labute approximate surface area is 81.6 Å². The summed E-state index contributed by atoms with van der Waals surface area (Å²) >= 11 is 1.73. The predicted octanol–water partition coefficient (Wildman–Crippen LogP) is 0.643. The molecule has 0 bridgehead atoms. The normalized spacial score (nSPS) is 11.8. The Morgan fingerprint density at radius 3 is 2.77 bits per heavy atom. The average Bonchev–Trinajstić information content (AvgIpc) is 2.44. The molecule has 0 aliphatic rings. The fourth-order valence-electron chi connectivity index (χ4n) is 0.934. The Morgan fingerprint density at radius 1 is 1.62 bits per heavy atom. The fourth-order valence-corrected chi connectivity index (χ4v) is 1.81. The molecule has 0 spiro atoms. The summed E-state index contributed by atoms with van der Waals surface area (Å²) in [7, 11) is 0. The molecule has 0 fully saturated rings. The fraction of sp³-hybridized carbons (Fsp3) is 0.375. The van der Waals surface area contributed by atoms with Crippen LogP contribution >= 0.6 is 11.3 Å². The number of rotatable bonds is 2. The van der Waals surface area contributed by atoms with Gasteiger partial charge in [-0.3, -0.25) is 5.43 Å². The smallest absolute Gasteiger partial charge is 0.203 e. The molecule has 0 unspecified atom stereocenters. The number of hydrogen-bond acceptors (Lipinski definition) is 3. The van der Waals surface area contributed by atoms with Crippen molar-refractivity contribution in [2.24, 2.45) is 16.6 Å². The molecular formula is C8H14N4S. The predicted molar refractivity (Wildman–Crippen MR) is 56.4 cm³/mol. The van der Waals surface area contributed by atoms with Crippen molar-refractivity contribution in [3.63, 3.8) is 0 Å². The van der Waals surface area contributed by atoms with Crippen molar-refractivity contribution >= 4 is 17.3 Å². The SMILES string of the molecule is Cc1scc(CN=C(N)NN)c1C. The topological polar surface area (TPSA) is 76.4 Å². The number of guanidine groups is 1. The number of nitrogens with zero attached hydrogens (tertiary/aromatic N) is 1. The lowest BCUT2D eigenvalue weighted by molar-refractivity contribution is 0.956. The highest BCUT2D eigenvalue weighted by Gasteiger charge is 2.02. The number of thiophene rings is 1. The van der Waals surface area contributed by atoms with Gasteiger partial charge in [0.2, 0.25) is 5.96 Å². The summed E-state index contributed by atoms with van der Waals surface area (Å²) < 4.78 is 0. The summed E-state index contributed by atoms with van der Waals surface area (Å²) in [6.45, 7) is 4.77. The molecule has 72 valence electrons. The van der Waals surface area contributed by atoms with Crippen molar-refractivity contribution in [3.8, 4) is 0 Å². The highest BCUT2D eigenvalue weighted by Crippen LogP contribution is 2.20. The van der Waals surface area contributed by atoms with Crippen LogP contribution in [0.2, 0.25) is 0 Å². The summed E-state index contributed by atoms with van der Waals surface area (Å²) in [5.41, 5.74) is 10.2. The Morgan fingerprint density at radius 2 is 2.31 bits per heavy atom. The minimum absolute atomic E-state index is 0.267. The first-order valence-corrected chi connectivity index (χ1v) is 4.83. The largest absolute Gasteiger partial charge is 0.369 e. The zero-order valence-corrected chi connectivity index (χ0v) is 8.61. The molecule has 5 heteroatoms. The first kappa shape index (κ1) is 10.0. The van der Waals surface area contributed by atoms with Crippen LogP contribution in [0.5, 0.6) is 0 Å². The second-order valence-electron chi connectivity index (χ2n) is 2.79. The van der Waals surface area contributed by atoms with Crippen LogP contribution in [0.25, 0.3) is 0 Å². The van der Waals surface area contributed by atoms with Crippen LogP contribution in [0.3, 0.4) is 0 Å². The van der Waals surface area contributed by atoms with Crippen LogP contribution in [0.1, 0.15) is 16.0 Å². The molecule has 0 saturated carbocycles. The number of hydrazine groups is 1. The molecule has 1 heterocycles. The van der Waals surface area contributed by atoms with Crippen molar-refractivity contribution in [2.45, 2.75) is 20.4 Å². The van der Waals surface area contributed by atoms with Gasteiger partial charge in [0.1, 0.15) is 0 Å². The van der Waals surface area contributed by atoms with Gasteiger partial charge in [0.25, 0.3) is 0 Å². The van der Waals surface area contributed by atoms with Gasteiger partial charge in [0.05, 0.1) is 6.54 Å². The van der Waals surface area contributed by atoms with E-state index < -0.39 is 0 Å². The van der Waals surface area contributed by atoms with Crippen LogP contribution in [0.15, 0.2) is 10.4 Å². The van der Waals surface area contributed by atoms with Crippen LogP contribution in [-0.2, 0) is 6.54 Å². The van der Waals surface area contributed by atoms with Gasteiger partial charge in [-0.05, 0) is 30.4 Å². The third kappa shape index (κ3) is 2.43. The van der Waals surface area contributed by atoms with Crippen molar-refractivity contribution in [2.75, 3.05) is 0 Å². The lowest BCUT2D eigenvalue weighted by Crippen LogP contribution is -2.37. The minimum Gasteiger partial charge on any atom is -0.369 e. The van der Waals surface area contributed by atoms with Gasteiger partial charge >= 0.3 is 0 Å². The number of nitrogens with two attached hydrogens (primary N) is 2. The Balaban J connectivity index is 2.70. The van der Waals surface area contributed by atoms with Gasteiger partial charge < -0.3 is 5.73 Å². The van der Waals surface area contributed by atoms with Crippen molar-refractivity contribution in [1.82, 2.24) is 5.43 Å². The molecule has 0 amide bonds. The van der Waals surface area contributed by atoms with Crippen molar-refractivity contribution < 1.29 is 0 Å². The standard InChI is InChI=1S/C8H14N4S/c1-5-6(2)13-4-7(5)3-11-8(9)12-10/h4H,3,10H2,1-2H3,(H3,9,11,12). The second kappa shape index (κ2) is 4.25. The van der Waals surface area contributed by atoms with Crippen LogP contribution in [-0.4, -0.2) is 5.96 Å². The van der Waals surface area contributed by atoms with E-state index in [1.54, 1.807) is 11.3 Å². The molecule has 1 aromatic heterocycles. The molecule has 1 rings (SSSR count). The van der Waals surface area contributed by atoms with Crippen LogP contribution in [0, 0.1) is 13.8 Å². The zero-order chi connectivity index (χ0) is 9.84. The van der Waals surface area contributed by atoms with E-state index in [1.165, 1.54) is 16.0 Å². The lowest BCUT2D eigenvalue weighted by Gasteiger charge is -1.98. The highest BCUT2D eigenvalue weighted by atomic mass is 32.1. The first-order valence-electron chi connectivity index (χ1n) is 3.95. The molecule has 0 aliphatic heterocycles.